The SMILES string of the molecule is CC1(C)COC(C(F)(F)F)(C(F)(F)F)N(CC(=O)O)C1=O. The maximum absolute atomic E-state index is 13.0. The average molecular weight is 323 g/mol. The van der Waals surface area contributed by atoms with Gasteiger partial charge in [-0.05, 0) is 13.8 Å². The second kappa shape index (κ2) is 4.75. The molecule has 1 aliphatic heterocycles. The highest BCUT2D eigenvalue weighted by atomic mass is 19.4. The van der Waals surface area contributed by atoms with Gasteiger partial charge in [0.1, 0.15) is 6.54 Å². The van der Waals surface area contributed by atoms with Crippen molar-refractivity contribution < 1.29 is 45.8 Å². The molecule has 0 saturated carbocycles. The van der Waals surface area contributed by atoms with Gasteiger partial charge in [0.25, 0.3) is 0 Å². The molecule has 0 aromatic heterocycles. The van der Waals surface area contributed by atoms with Gasteiger partial charge in [-0.25, -0.2) is 0 Å². The molecule has 1 fully saturated rings. The lowest BCUT2D eigenvalue weighted by Gasteiger charge is -2.50. The molecule has 0 aromatic rings. The van der Waals surface area contributed by atoms with Crippen LogP contribution in [0, 0.1) is 5.41 Å². The number of ether oxygens (including phenoxy) is 1. The van der Waals surface area contributed by atoms with Gasteiger partial charge < -0.3 is 9.84 Å². The summed E-state index contributed by atoms with van der Waals surface area (Å²) < 4.78 is 81.9. The number of alkyl halides is 6. The third-order valence-corrected chi connectivity index (χ3v) is 2.91. The van der Waals surface area contributed by atoms with E-state index in [2.05, 4.69) is 4.74 Å². The summed E-state index contributed by atoms with van der Waals surface area (Å²) in [4.78, 5) is 21.6. The van der Waals surface area contributed by atoms with Crippen LogP contribution in [0.25, 0.3) is 0 Å². The molecule has 1 rings (SSSR count). The van der Waals surface area contributed by atoms with Crippen LogP contribution in [0.5, 0.6) is 0 Å². The number of carboxylic acids is 1. The summed E-state index contributed by atoms with van der Waals surface area (Å²) >= 11 is 0. The van der Waals surface area contributed by atoms with Crippen LogP contribution < -0.4 is 0 Å². The largest absolute Gasteiger partial charge is 0.480 e. The van der Waals surface area contributed by atoms with Crippen LogP contribution in [0.1, 0.15) is 13.8 Å². The lowest BCUT2D eigenvalue weighted by Crippen LogP contribution is -2.75. The standard InChI is InChI=1S/C10H11F6NO4/c1-7(2)4-21-8(9(11,12)13,10(14,15)16)17(6(7)20)3-5(18)19/h3-4H2,1-2H3,(H,18,19). The molecular weight excluding hydrogens is 312 g/mol. The molecule has 0 aromatic carbocycles. The lowest BCUT2D eigenvalue weighted by atomic mass is 9.88. The minimum absolute atomic E-state index is 0.821. The van der Waals surface area contributed by atoms with E-state index >= 15 is 0 Å². The number of carbonyl (C=O) groups is 2. The van der Waals surface area contributed by atoms with Gasteiger partial charge in [-0.15, -0.1) is 0 Å². The summed E-state index contributed by atoms with van der Waals surface area (Å²) in [5, 5.41) is 8.53. The monoisotopic (exact) mass is 323 g/mol. The molecule has 0 aliphatic carbocycles. The van der Waals surface area contributed by atoms with Crippen molar-refractivity contribution in [3.8, 4) is 0 Å². The molecule has 21 heavy (non-hydrogen) atoms. The molecular formula is C10H11F6NO4. The summed E-state index contributed by atoms with van der Waals surface area (Å²) in [6, 6.07) is 0. The Morgan fingerprint density at radius 1 is 1.24 bits per heavy atom. The Kier molecular flexibility index (Phi) is 3.97. The summed E-state index contributed by atoms with van der Waals surface area (Å²) in [7, 11) is 0. The third-order valence-electron chi connectivity index (χ3n) is 2.91. The van der Waals surface area contributed by atoms with Crippen molar-refractivity contribution in [2.75, 3.05) is 13.2 Å². The number of hydrogen-bond donors (Lipinski definition) is 1. The fourth-order valence-electron chi connectivity index (χ4n) is 1.88. The molecule has 1 N–H and O–H groups in total. The van der Waals surface area contributed by atoms with Crippen LogP contribution in [0.4, 0.5) is 26.3 Å². The van der Waals surface area contributed by atoms with Crippen molar-refractivity contribution in [2.45, 2.75) is 31.9 Å². The summed E-state index contributed by atoms with van der Waals surface area (Å²) in [6.45, 7) is -0.829. The fraction of sp³-hybridized carbons (Fsp3) is 0.800. The van der Waals surface area contributed by atoms with Crippen LogP contribution >= 0.6 is 0 Å². The molecule has 0 unspecified atom stereocenters. The molecule has 1 amide bonds. The Morgan fingerprint density at radius 2 is 1.67 bits per heavy atom. The minimum atomic E-state index is -6.05. The van der Waals surface area contributed by atoms with E-state index in [0.717, 1.165) is 13.8 Å². The van der Waals surface area contributed by atoms with Crippen LogP contribution in [0.3, 0.4) is 0 Å². The lowest BCUT2D eigenvalue weighted by molar-refractivity contribution is -0.432. The molecule has 1 heterocycles. The highest BCUT2D eigenvalue weighted by Gasteiger charge is 2.79. The molecule has 1 saturated heterocycles. The molecule has 0 radical (unpaired) electrons. The summed E-state index contributed by atoms with van der Waals surface area (Å²) in [5.74, 6) is -3.63. The number of hydrogen-bond acceptors (Lipinski definition) is 3. The Morgan fingerprint density at radius 3 is 2.00 bits per heavy atom. The number of amides is 1. The molecule has 11 heteroatoms. The Balaban J connectivity index is 3.53. The highest BCUT2D eigenvalue weighted by molar-refractivity contribution is 5.87. The zero-order valence-corrected chi connectivity index (χ0v) is 10.8. The first-order valence-corrected chi connectivity index (χ1v) is 5.48. The first-order valence-electron chi connectivity index (χ1n) is 5.48. The number of nitrogens with zero attached hydrogens (tertiary/aromatic N) is 1. The van der Waals surface area contributed by atoms with E-state index in [4.69, 9.17) is 5.11 Å². The quantitative estimate of drug-likeness (QED) is 0.787. The first kappa shape index (κ1) is 17.5. The van der Waals surface area contributed by atoms with Crippen LogP contribution in [0.15, 0.2) is 0 Å². The maximum Gasteiger partial charge on any atom is 0.446 e. The summed E-state index contributed by atoms with van der Waals surface area (Å²) in [6.07, 6.45) is -12.1. The highest BCUT2D eigenvalue weighted by Crippen LogP contribution is 2.51. The van der Waals surface area contributed by atoms with Gasteiger partial charge in [-0.1, -0.05) is 0 Å². The van der Waals surface area contributed by atoms with E-state index in [9.17, 15) is 35.9 Å². The van der Waals surface area contributed by atoms with Gasteiger partial charge in [0, 0.05) is 0 Å². The predicted molar refractivity (Wildman–Crippen MR) is 53.9 cm³/mol. The first-order chi connectivity index (χ1) is 9.17. The molecule has 0 bridgehead atoms. The number of halogens is 6. The van der Waals surface area contributed by atoms with Crippen LogP contribution in [-0.2, 0) is 14.3 Å². The van der Waals surface area contributed by atoms with Crippen LogP contribution in [-0.4, -0.2) is 53.1 Å². The van der Waals surface area contributed by atoms with Gasteiger partial charge in [-0.2, -0.15) is 26.3 Å². The van der Waals surface area contributed by atoms with Gasteiger partial charge in [0.05, 0.1) is 12.0 Å². The van der Waals surface area contributed by atoms with Gasteiger partial charge in [-0.3, -0.25) is 14.5 Å². The molecule has 0 spiro atoms. The number of carbonyl (C=O) groups excluding carboxylic acids is 1. The van der Waals surface area contributed by atoms with E-state index in [-0.39, 0.29) is 0 Å². The Hall–Kier alpha value is -1.52. The third kappa shape index (κ3) is 2.65. The number of carboxylic acid groups (broad SMARTS) is 1. The van der Waals surface area contributed by atoms with E-state index in [1.54, 1.807) is 0 Å². The molecule has 122 valence electrons. The van der Waals surface area contributed by atoms with Gasteiger partial charge in [0.15, 0.2) is 0 Å². The molecule has 1 aliphatic rings. The topological polar surface area (TPSA) is 66.8 Å². The van der Waals surface area contributed by atoms with Crippen molar-refractivity contribution in [1.82, 2.24) is 4.90 Å². The maximum atomic E-state index is 13.0. The van der Waals surface area contributed by atoms with Crippen molar-refractivity contribution in [3.63, 3.8) is 0 Å². The summed E-state index contributed by atoms with van der Waals surface area (Å²) in [5.41, 5.74) is -6.68. The van der Waals surface area contributed by atoms with Crippen molar-refractivity contribution in [1.29, 1.82) is 0 Å². The van der Waals surface area contributed by atoms with E-state index in [1.807, 2.05) is 0 Å². The van der Waals surface area contributed by atoms with Gasteiger partial charge >= 0.3 is 24.0 Å². The second-order valence-electron chi connectivity index (χ2n) is 5.10. The molecule has 0 atom stereocenters. The zero-order valence-electron chi connectivity index (χ0n) is 10.8. The van der Waals surface area contributed by atoms with Crippen molar-refractivity contribution in [3.05, 3.63) is 0 Å². The van der Waals surface area contributed by atoms with Gasteiger partial charge in [0.2, 0.25) is 5.91 Å². The number of rotatable bonds is 2. The zero-order chi connectivity index (χ0) is 16.9. The average Bonchev–Trinajstić information content (AvgIpc) is 2.21. The smallest absolute Gasteiger partial charge is 0.446 e. The number of aliphatic carboxylic acids is 1. The van der Waals surface area contributed by atoms with E-state index in [0.29, 0.717) is 0 Å². The Bertz CT molecular complexity index is 441. The van der Waals surface area contributed by atoms with Crippen LogP contribution in [0.2, 0.25) is 0 Å². The van der Waals surface area contributed by atoms with E-state index in [1.165, 1.54) is 0 Å². The molecule has 5 nitrogen and oxygen atoms in total. The Labute approximate surface area is 114 Å². The fourth-order valence-corrected chi connectivity index (χ4v) is 1.88. The van der Waals surface area contributed by atoms with Crippen molar-refractivity contribution in [2.24, 2.45) is 5.41 Å². The van der Waals surface area contributed by atoms with Crippen molar-refractivity contribution >= 4 is 11.9 Å². The predicted octanol–water partition coefficient (Wildman–Crippen LogP) is 1.78. The second-order valence-corrected chi connectivity index (χ2v) is 5.10. The minimum Gasteiger partial charge on any atom is -0.480 e. The normalized spacial score (nSPS) is 22.3. The van der Waals surface area contributed by atoms with E-state index < -0.39 is 53.4 Å².